The second-order valence-corrected chi connectivity index (χ2v) is 8.22. The van der Waals surface area contributed by atoms with E-state index in [-0.39, 0.29) is 22.8 Å². The number of aromatic nitrogens is 1. The van der Waals surface area contributed by atoms with Gasteiger partial charge in [-0.15, -0.1) is 0 Å². The van der Waals surface area contributed by atoms with Crippen LogP contribution in [0.4, 0.5) is 0 Å². The minimum absolute atomic E-state index is 0.0827. The zero-order valence-electron chi connectivity index (χ0n) is 18.1. The van der Waals surface area contributed by atoms with Crippen LogP contribution in [0.1, 0.15) is 46.1 Å². The Morgan fingerprint density at radius 3 is 2.67 bits per heavy atom. The number of hydrogen-bond donors (Lipinski definition) is 3. The minimum atomic E-state index is -0.586. The van der Waals surface area contributed by atoms with Gasteiger partial charge in [-0.2, -0.15) is 0 Å². The third-order valence-corrected chi connectivity index (χ3v) is 5.67. The van der Waals surface area contributed by atoms with E-state index < -0.39 is 11.6 Å². The summed E-state index contributed by atoms with van der Waals surface area (Å²) in [5, 5.41) is 15.2. The van der Waals surface area contributed by atoms with E-state index in [1.165, 1.54) is 5.57 Å². The normalized spacial score (nSPS) is 15.7. The highest BCUT2D eigenvalue weighted by Gasteiger charge is 2.35. The third kappa shape index (κ3) is 4.40. The molecule has 3 N–H and O–H groups in total. The van der Waals surface area contributed by atoms with Crippen LogP contribution in [0.3, 0.4) is 0 Å². The average Bonchev–Trinajstić information content (AvgIpc) is 3.12. The van der Waals surface area contributed by atoms with Crippen LogP contribution in [-0.4, -0.2) is 28.2 Å². The molecule has 0 saturated heterocycles. The van der Waals surface area contributed by atoms with Crippen LogP contribution in [-0.2, 0) is 16.0 Å². The highest BCUT2D eigenvalue weighted by Crippen LogP contribution is 2.30. The lowest BCUT2D eigenvalue weighted by molar-refractivity contribution is -0.132. The Bertz CT molecular complexity index is 1070. The fraction of sp³-hybridized carbons (Fsp3) is 0.360. The predicted octanol–water partition coefficient (Wildman–Crippen LogP) is 4.92. The Kier molecular flexibility index (Phi) is 6.60. The highest BCUT2D eigenvalue weighted by atomic mass is 16.3. The number of aromatic amines is 1. The van der Waals surface area contributed by atoms with Crippen molar-refractivity contribution in [3.63, 3.8) is 0 Å². The molecular formula is C25H30N2O3. The van der Waals surface area contributed by atoms with Crippen molar-refractivity contribution >= 4 is 22.5 Å². The number of aliphatic hydroxyl groups excluding tert-OH is 1. The van der Waals surface area contributed by atoms with Crippen molar-refractivity contribution in [2.45, 2.75) is 47.0 Å². The monoisotopic (exact) mass is 406 g/mol. The molecule has 0 spiro atoms. The lowest BCUT2D eigenvalue weighted by Crippen LogP contribution is -2.33. The van der Waals surface area contributed by atoms with E-state index in [1.807, 2.05) is 45.2 Å². The first kappa shape index (κ1) is 21.6. The molecule has 1 aromatic carbocycles. The molecular weight excluding hydrogens is 376 g/mol. The Balaban J connectivity index is 1.76. The van der Waals surface area contributed by atoms with Gasteiger partial charge in [0.2, 0.25) is 11.6 Å². The number of fused-ring (bicyclic) bond motifs is 1. The zero-order chi connectivity index (χ0) is 21.8. The molecule has 0 radical (unpaired) electrons. The summed E-state index contributed by atoms with van der Waals surface area (Å²) < 4.78 is 0. The number of H-pyrrole nitrogens is 1. The number of para-hydroxylation sites is 1. The first-order valence-electron chi connectivity index (χ1n) is 10.5. The molecule has 0 unspecified atom stereocenters. The van der Waals surface area contributed by atoms with E-state index in [9.17, 15) is 14.7 Å². The number of ketones is 2. The number of rotatable bonds is 8. The highest BCUT2D eigenvalue weighted by molar-refractivity contribution is 6.50. The van der Waals surface area contributed by atoms with Crippen LogP contribution in [0, 0.1) is 5.92 Å². The maximum Gasteiger partial charge on any atom is 0.233 e. The lowest BCUT2D eigenvalue weighted by Gasteiger charge is -2.24. The largest absolute Gasteiger partial charge is 0.505 e. The molecule has 158 valence electrons. The van der Waals surface area contributed by atoms with Crippen molar-refractivity contribution in [2.75, 3.05) is 6.54 Å². The van der Waals surface area contributed by atoms with Gasteiger partial charge in [0.25, 0.3) is 0 Å². The Morgan fingerprint density at radius 1 is 1.20 bits per heavy atom. The molecule has 0 aliphatic heterocycles. The Morgan fingerprint density at radius 2 is 1.93 bits per heavy atom. The van der Waals surface area contributed by atoms with Crippen molar-refractivity contribution in [3.05, 3.63) is 70.3 Å². The van der Waals surface area contributed by atoms with Gasteiger partial charge >= 0.3 is 0 Å². The molecule has 2 aromatic rings. The van der Waals surface area contributed by atoms with Gasteiger partial charge < -0.3 is 15.4 Å². The molecule has 1 aromatic heterocycles. The molecule has 1 aliphatic rings. The number of allylic oxidation sites excluding steroid dienone is 4. The molecule has 30 heavy (non-hydrogen) atoms. The van der Waals surface area contributed by atoms with E-state index >= 15 is 0 Å². The lowest BCUT2D eigenvalue weighted by atomic mass is 9.83. The Hall–Kier alpha value is -3.08. The number of aliphatic hydroxyl groups is 1. The average molecular weight is 407 g/mol. The maximum atomic E-state index is 12.6. The molecule has 0 amide bonds. The van der Waals surface area contributed by atoms with Crippen LogP contribution >= 0.6 is 0 Å². The molecule has 1 atom stereocenters. The van der Waals surface area contributed by atoms with E-state index in [1.54, 1.807) is 6.92 Å². The maximum absolute atomic E-state index is 12.6. The van der Waals surface area contributed by atoms with E-state index in [4.69, 9.17) is 0 Å². The SMILES string of the molecule is CC(C)=CCC[C@@H](C)C1=C(O)C(NCCc2c[nH]c3ccccc23)=C(C)C(=O)C1=O. The summed E-state index contributed by atoms with van der Waals surface area (Å²) in [6.07, 6.45) is 6.31. The topological polar surface area (TPSA) is 82.2 Å². The second kappa shape index (κ2) is 9.16. The number of benzene rings is 1. The van der Waals surface area contributed by atoms with Crippen molar-refractivity contribution in [1.82, 2.24) is 10.3 Å². The van der Waals surface area contributed by atoms with Gasteiger partial charge in [-0.05, 0) is 57.6 Å². The summed E-state index contributed by atoms with van der Waals surface area (Å²) in [6, 6.07) is 8.09. The predicted molar refractivity (Wildman–Crippen MR) is 120 cm³/mol. The molecule has 0 saturated carbocycles. The van der Waals surface area contributed by atoms with Gasteiger partial charge in [-0.25, -0.2) is 0 Å². The summed E-state index contributed by atoms with van der Waals surface area (Å²) in [5.41, 5.74) is 4.33. The quantitative estimate of drug-likeness (QED) is 0.330. The first-order chi connectivity index (χ1) is 14.3. The van der Waals surface area contributed by atoms with E-state index in [2.05, 4.69) is 22.4 Å². The van der Waals surface area contributed by atoms with Crippen LogP contribution in [0.2, 0.25) is 0 Å². The zero-order valence-corrected chi connectivity index (χ0v) is 18.1. The number of nitrogens with one attached hydrogen (secondary N) is 2. The fourth-order valence-corrected chi connectivity index (χ4v) is 3.93. The summed E-state index contributed by atoms with van der Waals surface area (Å²) in [6.45, 7) is 8.07. The van der Waals surface area contributed by atoms with Gasteiger partial charge in [-0.1, -0.05) is 36.8 Å². The molecule has 5 nitrogen and oxygen atoms in total. The van der Waals surface area contributed by atoms with E-state index in [0.29, 0.717) is 18.7 Å². The Labute approximate surface area is 177 Å². The summed E-state index contributed by atoms with van der Waals surface area (Å²) in [4.78, 5) is 28.4. The number of Topliss-reactive ketones (excluding diaryl/α,β-unsaturated/α-hetero) is 2. The minimum Gasteiger partial charge on any atom is -0.505 e. The molecule has 0 fully saturated rings. The first-order valence-corrected chi connectivity index (χ1v) is 10.5. The second-order valence-electron chi connectivity index (χ2n) is 8.22. The number of hydrogen-bond acceptors (Lipinski definition) is 4. The van der Waals surface area contributed by atoms with Crippen LogP contribution in [0.15, 0.2) is 64.7 Å². The van der Waals surface area contributed by atoms with Gasteiger partial charge in [0.1, 0.15) is 5.76 Å². The third-order valence-electron chi connectivity index (χ3n) is 5.67. The van der Waals surface area contributed by atoms with Gasteiger partial charge in [0.05, 0.1) is 11.3 Å². The number of carbonyl (C=O) groups is 2. The summed E-state index contributed by atoms with van der Waals surface area (Å²) in [5.74, 6) is -1.40. The van der Waals surface area contributed by atoms with Crippen LogP contribution in [0.25, 0.3) is 10.9 Å². The molecule has 5 heteroatoms. The van der Waals surface area contributed by atoms with Crippen LogP contribution < -0.4 is 5.32 Å². The molecule has 3 rings (SSSR count). The summed E-state index contributed by atoms with van der Waals surface area (Å²) >= 11 is 0. The van der Waals surface area contributed by atoms with Crippen molar-refractivity contribution in [1.29, 1.82) is 0 Å². The van der Waals surface area contributed by atoms with Crippen molar-refractivity contribution in [3.8, 4) is 0 Å². The van der Waals surface area contributed by atoms with Crippen LogP contribution in [0.5, 0.6) is 0 Å². The van der Waals surface area contributed by atoms with Gasteiger partial charge in [-0.3, -0.25) is 9.59 Å². The standard InChI is InChI=1S/C25H30N2O3/c1-15(2)8-7-9-16(3)21-24(29)22(17(4)23(28)25(21)30)26-13-12-18-14-27-20-11-6-5-10-19(18)20/h5-6,8,10-11,14,16,26-27,29H,7,9,12-13H2,1-4H3/t16-/m1/s1. The van der Waals surface area contributed by atoms with Gasteiger partial charge in [0, 0.05) is 29.2 Å². The molecule has 1 aliphatic carbocycles. The van der Waals surface area contributed by atoms with Crippen molar-refractivity contribution < 1.29 is 14.7 Å². The van der Waals surface area contributed by atoms with E-state index in [0.717, 1.165) is 29.3 Å². The molecule has 1 heterocycles. The fourth-order valence-electron chi connectivity index (χ4n) is 3.93. The molecule has 0 bridgehead atoms. The smallest absolute Gasteiger partial charge is 0.233 e. The summed E-state index contributed by atoms with van der Waals surface area (Å²) in [7, 11) is 0. The number of carbonyl (C=O) groups excluding carboxylic acids is 2. The van der Waals surface area contributed by atoms with Crippen molar-refractivity contribution in [2.24, 2.45) is 5.92 Å². The van der Waals surface area contributed by atoms with Gasteiger partial charge in [0.15, 0.2) is 0 Å².